The molecule has 0 aliphatic carbocycles. The second kappa shape index (κ2) is 7.26. The van der Waals surface area contributed by atoms with Gasteiger partial charge in [-0.15, -0.1) is 0 Å². The van der Waals surface area contributed by atoms with Gasteiger partial charge in [-0.3, -0.25) is 4.98 Å². The third kappa shape index (κ3) is 3.88. The number of aromatic carboxylic acids is 1. The lowest BCUT2D eigenvalue weighted by Gasteiger charge is -2.03. The Morgan fingerprint density at radius 3 is 2.21 bits per heavy atom. The summed E-state index contributed by atoms with van der Waals surface area (Å²) in [6, 6.07) is 10.6. The Hall–Kier alpha value is -2.23. The van der Waals surface area contributed by atoms with Gasteiger partial charge in [-0.25, -0.2) is 9.78 Å². The number of carbonyl (C=O) groups is 1. The van der Waals surface area contributed by atoms with E-state index in [-0.39, 0.29) is 5.69 Å². The van der Waals surface area contributed by atoms with Gasteiger partial charge in [0, 0.05) is 5.69 Å². The van der Waals surface area contributed by atoms with Crippen LogP contribution in [0.3, 0.4) is 0 Å². The quantitative estimate of drug-likeness (QED) is 0.916. The van der Waals surface area contributed by atoms with Crippen LogP contribution in [0.5, 0.6) is 0 Å². The van der Waals surface area contributed by atoms with Crippen LogP contribution in [0.25, 0.3) is 11.4 Å². The molecule has 0 bridgehead atoms. The third-order valence-corrected chi connectivity index (χ3v) is 2.40. The Kier molecular flexibility index (Phi) is 5.67. The highest BCUT2D eigenvalue weighted by Gasteiger charge is 2.07. The molecular weight excluding hydrogens is 240 g/mol. The van der Waals surface area contributed by atoms with Crippen LogP contribution in [0.1, 0.15) is 37.0 Å². The number of carboxylic acid groups (broad SMARTS) is 1. The zero-order chi connectivity index (χ0) is 14.3. The zero-order valence-electron chi connectivity index (χ0n) is 11.4. The molecule has 0 aliphatic rings. The van der Waals surface area contributed by atoms with Gasteiger partial charge < -0.3 is 5.11 Å². The Bertz CT molecular complexity index is 553. The molecule has 4 nitrogen and oxygen atoms in total. The van der Waals surface area contributed by atoms with E-state index in [0.717, 1.165) is 12.1 Å². The molecule has 0 saturated carbocycles. The molecule has 2 aromatic heterocycles. The number of aryl methyl sites for hydroxylation is 1. The molecule has 0 amide bonds. The SMILES string of the molecule is CC.CCc1cccc(-c2cccc(C(=O)O)n2)n1. The van der Waals surface area contributed by atoms with Crippen LogP contribution in [-0.4, -0.2) is 21.0 Å². The van der Waals surface area contributed by atoms with Gasteiger partial charge in [0.05, 0.1) is 11.4 Å². The molecule has 0 unspecified atom stereocenters. The van der Waals surface area contributed by atoms with Crippen molar-refractivity contribution in [2.24, 2.45) is 0 Å². The Morgan fingerprint density at radius 2 is 1.63 bits per heavy atom. The number of nitrogens with zero attached hydrogens (tertiary/aromatic N) is 2. The van der Waals surface area contributed by atoms with E-state index < -0.39 is 5.97 Å². The molecule has 2 aromatic rings. The molecule has 0 aliphatic heterocycles. The van der Waals surface area contributed by atoms with Crippen molar-refractivity contribution < 1.29 is 9.90 Å². The van der Waals surface area contributed by atoms with E-state index in [1.807, 2.05) is 39.0 Å². The molecule has 4 heteroatoms. The van der Waals surface area contributed by atoms with E-state index in [9.17, 15) is 4.79 Å². The standard InChI is InChI=1S/C13H12N2O2.C2H6/c1-2-9-5-3-6-10(14-9)11-7-4-8-12(15-11)13(16)17;1-2/h3-8H,2H2,1H3,(H,16,17);1-2H3. The Labute approximate surface area is 113 Å². The maximum absolute atomic E-state index is 10.8. The smallest absolute Gasteiger partial charge is 0.354 e. The van der Waals surface area contributed by atoms with Crippen LogP contribution in [0.4, 0.5) is 0 Å². The fraction of sp³-hybridized carbons (Fsp3) is 0.267. The monoisotopic (exact) mass is 258 g/mol. The van der Waals surface area contributed by atoms with Crippen LogP contribution in [0.15, 0.2) is 36.4 Å². The van der Waals surface area contributed by atoms with Gasteiger partial charge in [-0.2, -0.15) is 0 Å². The van der Waals surface area contributed by atoms with E-state index in [1.54, 1.807) is 12.1 Å². The maximum atomic E-state index is 10.8. The van der Waals surface area contributed by atoms with Gasteiger partial charge in [0.1, 0.15) is 5.69 Å². The molecule has 100 valence electrons. The third-order valence-electron chi connectivity index (χ3n) is 2.40. The molecule has 19 heavy (non-hydrogen) atoms. The predicted octanol–water partition coefficient (Wildman–Crippen LogP) is 3.43. The Balaban J connectivity index is 0.000000861. The first-order chi connectivity index (χ1) is 9.20. The Morgan fingerprint density at radius 1 is 1.05 bits per heavy atom. The van der Waals surface area contributed by atoms with E-state index >= 15 is 0 Å². The summed E-state index contributed by atoms with van der Waals surface area (Å²) in [5.41, 5.74) is 2.28. The predicted molar refractivity (Wildman–Crippen MR) is 75.2 cm³/mol. The largest absolute Gasteiger partial charge is 0.477 e. The van der Waals surface area contributed by atoms with Crippen molar-refractivity contribution in [2.75, 3.05) is 0 Å². The molecular formula is C15H18N2O2. The molecule has 1 N–H and O–H groups in total. The molecule has 0 spiro atoms. The summed E-state index contributed by atoms with van der Waals surface area (Å²) in [7, 11) is 0. The molecule has 2 rings (SSSR count). The first kappa shape index (κ1) is 14.8. The lowest BCUT2D eigenvalue weighted by molar-refractivity contribution is 0.0690. The van der Waals surface area contributed by atoms with Crippen molar-refractivity contribution in [3.8, 4) is 11.4 Å². The topological polar surface area (TPSA) is 63.1 Å². The van der Waals surface area contributed by atoms with Gasteiger partial charge in [0.15, 0.2) is 0 Å². The summed E-state index contributed by atoms with van der Waals surface area (Å²) < 4.78 is 0. The molecule has 0 fully saturated rings. The first-order valence-electron chi connectivity index (χ1n) is 6.37. The van der Waals surface area contributed by atoms with Crippen molar-refractivity contribution in [2.45, 2.75) is 27.2 Å². The average molecular weight is 258 g/mol. The zero-order valence-corrected chi connectivity index (χ0v) is 11.4. The van der Waals surface area contributed by atoms with Gasteiger partial charge in [0.25, 0.3) is 0 Å². The van der Waals surface area contributed by atoms with Crippen LogP contribution in [-0.2, 0) is 6.42 Å². The molecule has 0 saturated heterocycles. The molecule has 0 radical (unpaired) electrons. The highest BCUT2D eigenvalue weighted by Crippen LogP contribution is 2.15. The van der Waals surface area contributed by atoms with Gasteiger partial charge in [-0.1, -0.05) is 32.9 Å². The molecule has 0 atom stereocenters. The van der Waals surface area contributed by atoms with Crippen molar-refractivity contribution in [3.63, 3.8) is 0 Å². The highest BCUT2D eigenvalue weighted by molar-refractivity contribution is 5.85. The highest BCUT2D eigenvalue weighted by atomic mass is 16.4. The van der Waals surface area contributed by atoms with Crippen LogP contribution in [0.2, 0.25) is 0 Å². The second-order valence-electron chi connectivity index (χ2n) is 3.58. The maximum Gasteiger partial charge on any atom is 0.354 e. The summed E-state index contributed by atoms with van der Waals surface area (Å²) in [6.45, 7) is 6.02. The van der Waals surface area contributed by atoms with E-state index in [2.05, 4.69) is 9.97 Å². The number of aromatic nitrogens is 2. The lowest BCUT2D eigenvalue weighted by atomic mass is 10.2. The van der Waals surface area contributed by atoms with Crippen molar-refractivity contribution in [1.29, 1.82) is 0 Å². The fourth-order valence-corrected chi connectivity index (χ4v) is 1.52. The average Bonchev–Trinajstić information content (AvgIpc) is 2.49. The first-order valence-corrected chi connectivity index (χ1v) is 6.37. The number of rotatable bonds is 3. The van der Waals surface area contributed by atoms with Gasteiger partial charge in [-0.05, 0) is 30.7 Å². The minimum atomic E-state index is -1.03. The second-order valence-corrected chi connectivity index (χ2v) is 3.58. The number of hydrogen-bond donors (Lipinski definition) is 1. The van der Waals surface area contributed by atoms with Gasteiger partial charge in [0.2, 0.25) is 0 Å². The fourth-order valence-electron chi connectivity index (χ4n) is 1.52. The number of pyridine rings is 2. The lowest BCUT2D eigenvalue weighted by Crippen LogP contribution is -2.01. The minimum Gasteiger partial charge on any atom is -0.477 e. The summed E-state index contributed by atoms with van der Waals surface area (Å²) in [6.07, 6.45) is 0.840. The summed E-state index contributed by atoms with van der Waals surface area (Å²) in [5.74, 6) is -1.03. The van der Waals surface area contributed by atoms with Crippen molar-refractivity contribution in [3.05, 3.63) is 47.8 Å². The molecule has 2 heterocycles. The minimum absolute atomic E-state index is 0.0335. The van der Waals surface area contributed by atoms with Crippen molar-refractivity contribution >= 4 is 5.97 Å². The summed E-state index contributed by atoms with van der Waals surface area (Å²) in [5, 5.41) is 8.87. The van der Waals surface area contributed by atoms with Gasteiger partial charge >= 0.3 is 5.97 Å². The number of hydrogen-bond acceptors (Lipinski definition) is 3. The van der Waals surface area contributed by atoms with Crippen LogP contribution >= 0.6 is 0 Å². The summed E-state index contributed by atoms with van der Waals surface area (Å²) in [4.78, 5) is 19.3. The van der Waals surface area contributed by atoms with E-state index in [0.29, 0.717) is 11.4 Å². The van der Waals surface area contributed by atoms with E-state index in [1.165, 1.54) is 6.07 Å². The van der Waals surface area contributed by atoms with Crippen LogP contribution in [0, 0.1) is 0 Å². The number of carboxylic acids is 1. The summed E-state index contributed by atoms with van der Waals surface area (Å²) >= 11 is 0. The normalized spacial score (nSPS) is 9.42. The van der Waals surface area contributed by atoms with Crippen LogP contribution < -0.4 is 0 Å². The van der Waals surface area contributed by atoms with Crippen molar-refractivity contribution in [1.82, 2.24) is 9.97 Å². The molecule has 0 aromatic carbocycles. The van der Waals surface area contributed by atoms with E-state index in [4.69, 9.17) is 5.11 Å².